The van der Waals surface area contributed by atoms with Gasteiger partial charge in [-0.15, -0.1) is 0 Å². The van der Waals surface area contributed by atoms with E-state index in [4.69, 9.17) is 17.3 Å². The van der Waals surface area contributed by atoms with Crippen LogP contribution in [0.2, 0.25) is 5.02 Å². The van der Waals surface area contributed by atoms with Gasteiger partial charge < -0.3 is 5.73 Å². The van der Waals surface area contributed by atoms with Crippen molar-refractivity contribution in [2.75, 3.05) is 13.1 Å². The van der Waals surface area contributed by atoms with Crippen molar-refractivity contribution < 1.29 is 9.18 Å². The summed E-state index contributed by atoms with van der Waals surface area (Å²) in [5.41, 5.74) is 6.03. The van der Waals surface area contributed by atoms with E-state index in [0.717, 1.165) is 31.5 Å². The summed E-state index contributed by atoms with van der Waals surface area (Å²) < 4.78 is 13.2. The summed E-state index contributed by atoms with van der Waals surface area (Å²) in [6, 6.07) is 4.41. The Balaban J connectivity index is 1.98. The van der Waals surface area contributed by atoms with E-state index < -0.39 is 0 Å². The second-order valence-electron chi connectivity index (χ2n) is 5.15. The first-order valence-electron chi connectivity index (χ1n) is 6.49. The fourth-order valence-corrected chi connectivity index (χ4v) is 2.83. The Morgan fingerprint density at radius 2 is 2.32 bits per heavy atom. The van der Waals surface area contributed by atoms with Gasteiger partial charge in [-0.2, -0.15) is 0 Å². The number of halogens is 2. The van der Waals surface area contributed by atoms with E-state index in [9.17, 15) is 9.18 Å². The standard InChI is InChI=1S/C14H18ClFN2O/c15-13-4-3-12(16)7-11(13)9-18-5-1-2-10(8-18)6-14(17)19/h3-4,7,10H,1-2,5-6,8-9H2,(H2,17,19). The van der Waals surface area contributed by atoms with Crippen LogP contribution in [0, 0.1) is 11.7 Å². The van der Waals surface area contributed by atoms with E-state index in [1.54, 1.807) is 6.07 Å². The smallest absolute Gasteiger partial charge is 0.217 e. The molecule has 0 saturated carbocycles. The number of primary amides is 1. The molecule has 104 valence electrons. The summed E-state index contributed by atoms with van der Waals surface area (Å²) in [4.78, 5) is 13.2. The fourth-order valence-electron chi connectivity index (χ4n) is 2.65. The van der Waals surface area contributed by atoms with Gasteiger partial charge in [0, 0.05) is 24.5 Å². The third kappa shape index (κ3) is 4.18. The fraction of sp³-hybridized carbons (Fsp3) is 0.500. The molecule has 1 atom stereocenters. The highest BCUT2D eigenvalue weighted by Crippen LogP contribution is 2.24. The zero-order valence-electron chi connectivity index (χ0n) is 10.7. The largest absolute Gasteiger partial charge is 0.370 e. The van der Waals surface area contributed by atoms with E-state index >= 15 is 0 Å². The highest BCUT2D eigenvalue weighted by molar-refractivity contribution is 6.31. The van der Waals surface area contributed by atoms with Gasteiger partial charge in [-0.3, -0.25) is 9.69 Å². The maximum Gasteiger partial charge on any atom is 0.217 e. The van der Waals surface area contributed by atoms with Gasteiger partial charge >= 0.3 is 0 Å². The number of nitrogens with two attached hydrogens (primary N) is 1. The topological polar surface area (TPSA) is 46.3 Å². The number of carbonyl (C=O) groups is 1. The monoisotopic (exact) mass is 284 g/mol. The molecule has 0 aromatic heterocycles. The van der Waals surface area contributed by atoms with Crippen molar-refractivity contribution in [2.45, 2.75) is 25.8 Å². The van der Waals surface area contributed by atoms with Gasteiger partial charge in [0.2, 0.25) is 5.91 Å². The molecular formula is C14H18ClFN2O. The van der Waals surface area contributed by atoms with Crippen molar-refractivity contribution in [1.29, 1.82) is 0 Å². The number of rotatable bonds is 4. The van der Waals surface area contributed by atoms with Crippen molar-refractivity contribution in [3.63, 3.8) is 0 Å². The molecule has 5 heteroatoms. The third-order valence-corrected chi connectivity index (χ3v) is 3.86. The number of piperidine rings is 1. The molecule has 0 spiro atoms. The van der Waals surface area contributed by atoms with Gasteiger partial charge in [0.15, 0.2) is 0 Å². The van der Waals surface area contributed by atoms with Crippen LogP contribution in [0.1, 0.15) is 24.8 Å². The minimum atomic E-state index is -0.273. The highest BCUT2D eigenvalue weighted by Gasteiger charge is 2.22. The highest BCUT2D eigenvalue weighted by atomic mass is 35.5. The number of amides is 1. The van der Waals surface area contributed by atoms with Crippen molar-refractivity contribution >= 4 is 17.5 Å². The second kappa shape index (κ2) is 6.35. The van der Waals surface area contributed by atoms with Crippen molar-refractivity contribution in [3.05, 3.63) is 34.6 Å². The first-order chi connectivity index (χ1) is 9.04. The molecule has 1 unspecified atom stereocenters. The molecule has 1 fully saturated rings. The van der Waals surface area contributed by atoms with Crippen LogP contribution >= 0.6 is 11.6 Å². The van der Waals surface area contributed by atoms with Crippen LogP contribution in [0.5, 0.6) is 0 Å². The van der Waals surface area contributed by atoms with Crippen LogP contribution in [0.15, 0.2) is 18.2 Å². The number of hydrogen-bond donors (Lipinski definition) is 1. The maximum atomic E-state index is 13.2. The summed E-state index contributed by atoms with van der Waals surface area (Å²) >= 11 is 6.07. The Labute approximate surface area is 117 Å². The summed E-state index contributed by atoms with van der Waals surface area (Å²) in [6.45, 7) is 2.38. The lowest BCUT2D eigenvalue weighted by molar-refractivity contribution is -0.119. The third-order valence-electron chi connectivity index (χ3n) is 3.49. The number of benzene rings is 1. The molecular weight excluding hydrogens is 267 g/mol. The van der Waals surface area contributed by atoms with Crippen molar-refractivity contribution in [2.24, 2.45) is 11.7 Å². The van der Waals surface area contributed by atoms with Crippen LogP contribution in [0.25, 0.3) is 0 Å². The molecule has 2 rings (SSSR count). The summed E-state index contributed by atoms with van der Waals surface area (Å²) in [7, 11) is 0. The first kappa shape index (κ1) is 14.3. The molecule has 1 aliphatic rings. The molecule has 0 radical (unpaired) electrons. The van der Waals surface area contributed by atoms with E-state index in [-0.39, 0.29) is 11.7 Å². The Hall–Kier alpha value is -1.13. The zero-order valence-corrected chi connectivity index (χ0v) is 11.5. The molecule has 2 N–H and O–H groups in total. The van der Waals surface area contributed by atoms with Crippen LogP contribution in [-0.4, -0.2) is 23.9 Å². The zero-order chi connectivity index (χ0) is 13.8. The number of likely N-dealkylation sites (tertiary alicyclic amines) is 1. The van der Waals surface area contributed by atoms with E-state index in [1.165, 1.54) is 12.1 Å². The Kier molecular flexibility index (Phi) is 4.77. The van der Waals surface area contributed by atoms with Gasteiger partial charge in [-0.25, -0.2) is 4.39 Å². The lowest BCUT2D eigenvalue weighted by Gasteiger charge is -2.32. The molecule has 19 heavy (non-hydrogen) atoms. The second-order valence-corrected chi connectivity index (χ2v) is 5.56. The molecule has 1 saturated heterocycles. The van der Waals surface area contributed by atoms with Crippen molar-refractivity contribution in [3.8, 4) is 0 Å². The van der Waals surface area contributed by atoms with E-state index in [0.29, 0.717) is 23.9 Å². The van der Waals surface area contributed by atoms with Gasteiger partial charge in [0.25, 0.3) is 0 Å². The predicted molar refractivity (Wildman–Crippen MR) is 73.2 cm³/mol. The lowest BCUT2D eigenvalue weighted by atomic mass is 9.94. The Morgan fingerprint density at radius 3 is 3.05 bits per heavy atom. The predicted octanol–water partition coefficient (Wildman–Crippen LogP) is 2.57. The van der Waals surface area contributed by atoms with Crippen molar-refractivity contribution in [1.82, 2.24) is 4.90 Å². The molecule has 0 aliphatic carbocycles. The van der Waals surface area contributed by atoms with Gasteiger partial charge in [-0.05, 0) is 49.1 Å². The van der Waals surface area contributed by atoms with Crippen LogP contribution < -0.4 is 5.73 Å². The quantitative estimate of drug-likeness (QED) is 0.924. The molecule has 0 bridgehead atoms. The van der Waals surface area contributed by atoms with Gasteiger partial charge in [0.1, 0.15) is 5.82 Å². The van der Waals surface area contributed by atoms with E-state index in [2.05, 4.69) is 4.90 Å². The van der Waals surface area contributed by atoms with Gasteiger partial charge in [0.05, 0.1) is 0 Å². The molecule has 1 aliphatic heterocycles. The minimum Gasteiger partial charge on any atom is -0.370 e. The maximum absolute atomic E-state index is 13.2. The minimum absolute atomic E-state index is 0.254. The molecule has 3 nitrogen and oxygen atoms in total. The summed E-state index contributed by atoms with van der Waals surface area (Å²) in [5.74, 6) is -0.223. The van der Waals surface area contributed by atoms with Crippen LogP contribution in [-0.2, 0) is 11.3 Å². The molecule has 1 amide bonds. The number of carbonyl (C=O) groups excluding carboxylic acids is 1. The van der Waals surface area contributed by atoms with Crippen LogP contribution in [0.4, 0.5) is 4.39 Å². The summed E-state index contributed by atoms with van der Waals surface area (Å²) in [6.07, 6.45) is 2.48. The lowest BCUT2D eigenvalue weighted by Crippen LogP contribution is -2.36. The number of hydrogen-bond acceptors (Lipinski definition) is 2. The normalized spacial score (nSPS) is 20.4. The molecule has 1 aromatic rings. The first-order valence-corrected chi connectivity index (χ1v) is 6.87. The number of nitrogens with zero attached hydrogens (tertiary/aromatic N) is 1. The Bertz CT molecular complexity index is 467. The molecule has 1 heterocycles. The van der Waals surface area contributed by atoms with Crippen LogP contribution in [0.3, 0.4) is 0 Å². The van der Waals surface area contributed by atoms with Gasteiger partial charge in [-0.1, -0.05) is 11.6 Å². The van der Waals surface area contributed by atoms with E-state index in [1.807, 2.05) is 0 Å². The summed E-state index contributed by atoms with van der Waals surface area (Å²) in [5, 5.41) is 0.582. The Morgan fingerprint density at radius 1 is 1.53 bits per heavy atom. The SMILES string of the molecule is NC(=O)CC1CCCN(Cc2cc(F)ccc2Cl)C1. The average molecular weight is 285 g/mol. The molecule has 1 aromatic carbocycles. The average Bonchev–Trinajstić information content (AvgIpc) is 2.33.